The van der Waals surface area contributed by atoms with Gasteiger partial charge in [0.2, 0.25) is 5.91 Å². The normalized spacial score (nSPS) is 11.8. The van der Waals surface area contributed by atoms with Gasteiger partial charge in [-0.25, -0.2) is 15.8 Å². The van der Waals surface area contributed by atoms with Crippen LogP contribution >= 0.6 is 0 Å². The van der Waals surface area contributed by atoms with Gasteiger partial charge >= 0.3 is 0 Å². The van der Waals surface area contributed by atoms with Crippen LogP contribution < -0.4 is 21.9 Å². The molecule has 94 valence electrons. The van der Waals surface area contributed by atoms with Crippen molar-refractivity contribution in [3.05, 3.63) is 11.4 Å². The standard InChI is InChI=1S/C10H18N6O/c1-5-8(13-6(2)10(17)12-4)14-7(3)15-9(5)16-11/h6H,11H2,1-4H3,(H,12,17)(H2,13,14,15,16). The van der Waals surface area contributed by atoms with Crippen molar-refractivity contribution in [1.82, 2.24) is 15.3 Å². The topological polar surface area (TPSA) is 105 Å². The summed E-state index contributed by atoms with van der Waals surface area (Å²) in [6, 6.07) is -0.376. The lowest BCUT2D eigenvalue weighted by atomic mass is 10.2. The highest BCUT2D eigenvalue weighted by Crippen LogP contribution is 2.19. The zero-order valence-electron chi connectivity index (χ0n) is 10.5. The molecule has 0 saturated heterocycles. The Labute approximate surface area is 100 Å². The molecule has 1 heterocycles. The summed E-state index contributed by atoms with van der Waals surface area (Å²) >= 11 is 0. The number of hydrogen-bond donors (Lipinski definition) is 4. The Morgan fingerprint density at radius 1 is 1.29 bits per heavy atom. The predicted octanol–water partition coefficient (Wildman–Crippen LogP) is -0.0746. The number of amides is 1. The van der Waals surface area contributed by atoms with E-state index in [-0.39, 0.29) is 11.9 Å². The Bertz CT molecular complexity index is 420. The zero-order chi connectivity index (χ0) is 13.0. The van der Waals surface area contributed by atoms with Crippen molar-refractivity contribution in [2.45, 2.75) is 26.8 Å². The fourth-order valence-corrected chi connectivity index (χ4v) is 1.40. The molecule has 0 bridgehead atoms. The van der Waals surface area contributed by atoms with Crippen LogP contribution in [0.25, 0.3) is 0 Å². The molecule has 1 atom stereocenters. The number of nitrogens with zero attached hydrogens (tertiary/aromatic N) is 2. The molecular formula is C10H18N6O. The summed E-state index contributed by atoms with van der Waals surface area (Å²) < 4.78 is 0. The van der Waals surface area contributed by atoms with Crippen LogP contribution in [-0.2, 0) is 4.79 Å². The first-order chi connectivity index (χ1) is 7.99. The van der Waals surface area contributed by atoms with Crippen molar-refractivity contribution in [2.24, 2.45) is 5.84 Å². The Morgan fingerprint density at radius 2 is 1.88 bits per heavy atom. The molecule has 5 N–H and O–H groups in total. The summed E-state index contributed by atoms with van der Waals surface area (Å²) in [4.78, 5) is 19.8. The minimum atomic E-state index is -0.376. The summed E-state index contributed by atoms with van der Waals surface area (Å²) in [5, 5.41) is 5.58. The molecule has 0 radical (unpaired) electrons. The van der Waals surface area contributed by atoms with Gasteiger partial charge in [0.05, 0.1) is 0 Å². The number of rotatable bonds is 4. The minimum Gasteiger partial charge on any atom is -0.358 e. The van der Waals surface area contributed by atoms with E-state index in [4.69, 9.17) is 5.84 Å². The Hall–Kier alpha value is -1.89. The number of aryl methyl sites for hydroxylation is 1. The molecule has 0 aliphatic heterocycles. The average Bonchev–Trinajstić information content (AvgIpc) is 2.31. The third-order valence-electron chi connectivity index (χ3n) is 2.39. The number of nitrogens with two attached hydrogens (primary N) is 1. The van der Waals surface area contributed by atoms with Crippen LogP contribution in [0.15, 0.2) is 0 Å². The Morgan fingerprint density at radius 3 is 2.41 bits per heavy atom. The van der Waals surface area contributed by atoms with Crippen LogP contribution in [0.4, 0.5) is 11.6 Å². The quantitative estimate of drug-likeness (QED) is 0.432. The number of aromatic nitrogens is 2. The van der Waals surface area contributed by atoms with Gasteiger partial charge in [0, 0.05) is 12.6 Å². The third kappa shape index (κ3) is 3.04. The highest BCUT2D eigenvalue weighted by atomic mass is 16.2. The van der Waals surface area contributed by atoms with E-state index in [0.29, 0.717) is 17.5 Å². The molecule has 0 spiro atoms. The number of likely N-dealkylation sites (N-methyl/N-ethyl adjacent to an activating group) is 1. The first-order valence-corrected chi connectivity index (χ1v) is 5.29. The molecule has 1 rings (SSSR count). The van der Waals surface area contributed by atoms with Gasteiger partial charge in [0.1, 0.15) is 23.5 Å². The number of nitrogen functional groups attached to an aromatic ring is 1. The second kappa shape index (κ2) is 5.44. The fourth-order valence-electron chi connectivity index (χ4n) is 1.40. The summed E-state index contributed by atoms with van der Waals surface area (Å²) in [5.41, 5.74) is 3.27. The maximum Gasteiger partial charge on any atom is 0.241 e. The number of nitrogens with one attached hydrogen (secondary N) is 3. The molecule has 7 heteroatoms. The smallest absolute Gasteiger partial charge is 0.241 e. The molecule has 7 nitrogen and oxygen atoms in total. The summed E-state index contributed by atoms with van der Waals surface area (Å²) in [7, 11) is 1.59. The molecule has 0 fully saturated rings. The molecule has 0 aliphatic rings. The van der Waals surface area contributed by atoms with E-state index in [1.54, 1.807) is 20.9 Å². The van der Waals surface area contributed by atoms with Gasteiger partial charge in [-0.3, -0.25) is 4.79 Å². The van der Waals surface area contributed by atoms with Gasteiger partial charge in [-0.1, -0.05) is 0 Å². The van der Waals surface area contributed by atoms with Gasteiger partial charge in [-0.15, -0.1) is 0 Å². The van der Waals surface area contributed by atoms with Crippen LogP contribution in [-0.4, -0.2) is 29.0 Å². The summed E-state index contributed by atoms with van der Waals surface area (Å²) in [6.45, 7) is 5.34. The maximum atomic E-state index is 11.4. The first kappa shape index (κ1) is 13.2. The second-order valence-electron chi connectivity index (χ2n) is 3.72. The lowest BCUT2D eigenvalue weighted by molar-refractivity contribution is -0.121. The maximum absolute atomic E-state index is 11.4. The van der Waals surface area contributed by atoms with Crippen LogP contribution in [0.1, 0.15) is 18.3 Å². The molecular weight excluding hydrogens is 220 g/mol. The van der Waals surface area contributed by atoms with Crippen molar-refractivity contribution in [3.8, 4) is 0 Å². The van der Waals surface area contributed by atoms with Crippen molar-refractivity contribution in [2.75, 3.05) is 17.8 Å². The Balaban J connectivity index is 2.98. The zero-order valence-corrected chi connectivity index (χ0v) is 10.5. The second-order valence-corrected chi connectivity index (χ2v) is 3.72. The van der Waals surface area contributed by atoms with Gasteiger partial charge in [-0.2, -0.15) is 0 Å². The van der Waals surface area contributed by atoms with Gasteiger partial charge in [-0.05, 0) is 20.8 Å². The molecule has 0 saturated carbocycles. The third-order valence-corrected chi connectivity index (χ3v) is 2.39. The molecule has 1 aromatic heterocycles. The summed E-state index contributed by atoms with van der Waals surface area (Å²) in [6.07, 6.45) is 0. The van der Waals surface area contributed by atoms with Crippen LogP contribution in [0, 0.1) is 13.8 Å². The van der Waals surface area contributed by atoms with Crippen LogP contribution in [0.3, 0.4) is 0 Å². The lowest BCUT2D eigenvalue weighted by Gasteiger charge is -2.16. The molecule has 17 heavy (non-hydrogen) atoms. The monoisotopic (exact) mass is 238 g/mol. The van der Waals surface area contributed by atoms with E-state index in [0.717, 1.165) is 5.56 Å². The number of hydrogen-bond acceptors (Lipinski definition) is 6. The van der Waals surface area contributed by atoms with Crippen molar-refractivity contribution in [3.63, 3.8) is 0 Å². The number of anilines is 2. The first-order valence-electron chi connectivity index (χ1n) is 5.29. The number of hydrazine groups is 1. The lowest BCUT2D eigenvalue weighted by Crippen LogP contribution is -2.35. The molecule has 1 amide bonds. The van der Waals surface area contributed by atoms with Crippen molar-refractivity contribution < 1.29 is 4.79 Å². The summed E-state index contributed by atoms with van der Waals surface area (Å²) in [5.74, 6) is 6.97. The largest absolute Gasteiger partial charge is 0.358 e. The fraction of sp³-hybridized carbons (Fsp3) is 0.500. The predicted molar refractivity (Wildman–Crippen MR) is 66.5 cm³/mol. The van der Waals surface area contributed by atoms with E-state index in [1.807, 2.05) is 6.92 Å². The van der Waals surface area contributed by atoms with Crippen molar-refractivity contribution >= 4 is 17.5 Å². The van der Waals surface area contributed by atoms with Gasteiger partial charge in [0.15, 0.2) is 0 Å². The molecule has 0 aliphatic carbocycles. The molecule has 1 aromatic rings. The van der Waals surface area contributed by atoms with E-state index in [1.165, 1.54) is 0 Å². The number of carbonyl (C=O) groups is 1. The van der Waals surface area contributed by atoms with Crippen LogP contribution in [0.5, 0.6) is 0 Å². The minimum absolute atomic E-state index is 0.108. The van der Waals surface area contributed by atoms with Crippen LogP contribution in [0.2, 0.25) is 0 Å². The van der Waals surface area contributed by atoms with E-state index in [2.05, 4.69) is 26.0 Å². The highest BCUT2D eigenvalue weighted by molar-refractivity contribution is 5.84. The number of carbonyl (C=O) groups excluding carboxylic acids is 1. The van der Waals surface area contributed by atoms with Gasteiger partial charge in [0.25, 0.3) is 0 Å². The molecule has 1 unspecified atom stereocenters. The van der Waals surface area contributed by atoms with E-state index < -0.39 is 0 Å². The SMILES string of the molecule is CNC(=O)C(C)Nc1nc(C)nc(NN)c1C. The molecule has 0 aromatic carbocycles. The average molecular weight is 238 g/mol. The van der Waals surface area contributed by atoms with Gasteiger partial charge < -0.3 is 16.1 Å². The van der Waals surface area contributed by atoms with E-state index >= 15 is 0 Å². The Kier molecular flexibility index (Phi) is 4.22. The van der Waals surface area contributed by atoms with E-state index in [9.17, 15) is 4.79 Å². The highest BCUT2D eigenvalue weighted by Gasteiger charge is 2.14. The van der Waals surface area contributed by atoms with Crippen molar-refractivity contribution in [1.29, 1.82) is 0 Å².